The maximum absolute atomic E-state index is 13.0. The molecule has 5 rings (SSSR count). The first-order valence-corrected chi connectivity index (χ1v) is 10.3. The molecule has 0 spiro atoms. The second kappa shape index (κ2) is 7.21. The minimum atomic E-state index is -0.174. The minimum Gasteiger partial charge on any atom is -0.440 e. The number of likely N-dealkylation sites (tertiary alicyclic amines) is 1. The smallest absolute Gasteiger partial charge is 0.261 e. The van der Waals surface area contributed by atoms with E-state index >= 15 is 0 Å². The van der Waals surface area contributed by atoms with Gasteiger partial charge in [-0.2, -0.15) is 0 Å². The van der Waals surface area contributed by atoms with Crippen molar-refractivity contribution in [3.05, 3.63) is 69.0 Å². The summed E-state index contributed by atoms with van der Waals surface area (Å²) in [5, 5.41) is 0.511. The fourth-order valence-electron chi connectivity index (χ4n) is 4.02. The van der Waals surface area contributed by atoms with E-state index in [-0.39, 0.29) is 17.4 Å². The van der Waals surface area contributed by atoms with Gasteiger partial charge in [-0.05, 0) is 55.4 Å². The minimum absolute atomic E-state index is 0.0482. The average Bonchev–Trinajstić information content (AvgIpc) is 3.21. The number of para-hydroxylation sites is 2. The molecule has 0 saturated carbocycles. The number of amides is 1. The Morgan fingerprint density at radius 1 is 1.20 bits per heavy atom. The lowest BCUT2D eigenvalue weighted by molar-refractivity contribution is 0.0707. The van der Waals surface area contributed by atoms with Crippen molar-refractivity contribution in [3.8, 4) is 0 Å². The van der Waals surface area contributed by atoms with Crippen molar-refractivity contribution in [2.75, 3.05) is 13.1 Å². The van der Waals surface area contributed by atoms with Crippen LogP contribution >= 0.6 is 12.2 Å². The SMILES string of the molecule is Cn1c(=S)[nH]c2cc(C(=O)N3CCC(c4nc5ccccc5o4)CC3)ccc2c1=O. The number of piperidine rings is 1. The van der Waals surface area contributed by atoms with Crippen LogP contribution in [0.4, 0.5) is 0 Å². The van der Waals surface area contributed by atoms with Gasteiger partial charge in [0.1, 0.15) is 5.52 Å². The number of benzene rings is 2. The van der Waals surface area contributed by atoms with Crippen LogP contribution in [0.3, 0.4) is 0 Å². The van der Waals surface area contributed by atoms with E-state index in [4.69, 9.17) is 16.6 Å². The third-order valence-corrected chi connectivity index (χ3v) is 6.17. The summed E-state index contributed by atoms with van der Waals surface area (Å²) in [4.78, 5) is 34.8. The van der Waals surface area contributed by atoms with E-state index in [1.807, 2.05) is 29.2 Å². The number of carbonyl (C=O) groups excluding carboxylic acids is 1. The first kappa shape index (κ1) is 18.7. The number of nitrogens with zero attached hydrogens (tertiary/aromatic N) is 3. The van der Waals surface area contributed by atoms with Gasteiger partial charge in [-0.25, -0.2) is 4.98 Å². The summed E-state index contributed by atoms with van der Waals surface area (Å²) >= 11 is 5.18. The molecule has 8 heteroatoms. The Morgan fingerprint density at radius 2 is 1.97 bits per heavy atom. The normalized spacial score (nSPS) is 15.2. The molecule has 0 atom stereocenters. The molecular weight excluding hydrogens is 400 g/mol. The Balaban J connectivity index is 1.34. The molecule has 0 bridgehead atoms. The van der Waals surface area contributed by atoms with E-state index in [0.717, 1.165) is 29.8 Å². The predicted molar refractivity (Wildman–Crippen MR) is 116 cm³/mol. The number of fused-ring (bicyclic) bond motifs is 2. The molecule has 1 N–H and O–H groups in total. The van der Waals surface area contributed by atoms with E-state index in [2.05, 4.69) is 9.97 Å². The Hall–Kier alpha value is -3.26. The summed E-state index contributed by atoms with van der Waals surface area (Å²) in [5.41, 5.74) is 2.61. The average molecular weight is 420 g/mol. The molecule has 0 aliphatic carbocycles. The summed E-state index contributed by atoms with van der Waals surface area (Å²) in [6.45, 7) is 1.26. The van der Waals surface area contributed by atoms with Crippen LogP contribution in [0.5, 0.6) is 0 Å². The highest BCUT2D eigenvalue weighted by Gasteiger charge is 2.27. The highest BCUT2D eigenvalue weighted by atomic mass is 32.1. The molecule has 1 fully saturated rings. The van der Waals surface area contributed by atoms with Crippen molar-refractivity contribution < 1.29 is 9.21 Å². The van der Waals surface area contributed by atoms with E-state index < -0.39 is 0 Å². The highest BCUT2D eigenvalue weighted by Crippen LogP contribution is 2.30. The molecule has 2 aromatic carbocycles. The van der Waals surface area contributed by atoms with Gasteiger partial charge in [0.25, 0.3) is 11.5 Å². The molecule has 0 radical (unpaired) electrons. The van der Waals surface area contributed by atoms with Gasteiger partial charge in [-0.3, -0.25) is 14.2 Å². The van der Waals surface area contributed by atoms with Gasteiger partial charge < -0.3 is 14.3 Å². The number of oxazole rings is 1. The number of hydrogen-bond acceptors (Lipinski definition) is 5. The quantitative estimate of drug-likeness (QED) is 0.499. The largest absolute Gasteiger partial charge is 0.440 e. The van der Waals surface area contributed by atoms with Crippen LogP contribution in [0.15, 0.2) is 51.7 Å². The maximum Gasteiger partial charge on any atom is 0.261 e. The summed E-state index contributed by atoms with van der Waals surface area (Å²) in [5.74, 6) is 0.905. The van der Waals surface area contributed by atoms with Crippen LogP contribution in [-0.2, 0) is 7.05 Å². The molecule has 7 nitrogen and oxygen atoms in total. The van der Waals surface area contributed by atoms with Crippen LogP contribution in [-0.4, -0.2) is 38.4 Å². The van der Waals surface area contributed by atoms with Gasteiger partial charge in [0.05, 0.1) is 10.9 Å². The maximum atomic E-state index is 13.0. The van der Waals surface area contributed by atoms with E-state index in [0.29, 0.717) is 34.3 Å². The van der Waals surface area contributed by atoms with Gasteiger partial charge >= 0.3 is 0 Å². The molecule has 2 aromatic heterocycles. The first-order chi connectivity index (χ1) is 14.5. The van der Waals surface area contributed by atoms with Crippen molar-refractivity contribution in [2.24, 2.45) is 7.05 Å². The van der Waals surface area contributed by atoms with Crippen LogP contribution in [0.25, 0.3) is 22.0 Å². The molecule has 1 aliphatic heterocycles. The number of carbonyl (C=O) groups is 1. The van der Waals surface area contributed by atoms with Gasteiger partial charge in [-0.15, -0.1) is 0 Å². The fourth-order valence-corrected chi connectivity index (χ4v) is 4.21. The zero-order valence-electron chi connectivity index (χ0n) is 16.4. The monoisotopic (exact) mass is 420 g/mol. The molecular formula is C22H20N4O3S. The van der Waals surface area contributed by atoms with Crippen LogP contribution in [0.2, 0.25) is 0 Å². The van der Waals surface area contributed by atoms with Gasteiger partial charge in [0.15, 0.2) is 16.2 Å². The number of aromatic amines is 1. The lowest BCUT2D eigenvalue weighted by atomic mass is 9.96. The van der Waals surface area contributed by atoms with Crippen LogP contribution in [0.1, 0.15) is 35.0 Å². The molecule has 30 heavy (non-hydrogen) atoms. The summed E-state index contributed by atoms with van der Waals surface area (Å²) in [6.07, 6.45) is 1.60. The number of rotatable bonds is 2. The summed E-state index contributed by atoms with van der Waals surface area (Å²) in [7, 11) is 1.63. The number of hydrogen-bond donors (Lipinski definition) is 1. The summed E-state index contributed by atoms with van der Waals surface area (Å²) < 4.78 is 7.62. The summed E-state index contributed by atoms with van der Waals surface area (Å²) in [6, 6.07) is 12.8. The number of nitrogens with one attached hydrogen (secondary N) is 1. The lowest BCUT2D eigenvalue weighted by Crippen LogP contribution is -2.38. The Bertz CT molecular complexity index is 1360. The second-order valence-electron chi connectivity index (χ2n) is 7.64. The third kappa shape index (κ3) is 3.13. The van der Waals surface area contributed by atoms with Gasteiger partial charge in [-0.1, -0.05) is 12.1 Å². The van der Waals surface area contributed by atoms with Crippen LogP contribution in [0, 0.1) is 4.77 Å². The predicted octanol–water partition coefficient (Wildman–Crippen LogP) is 3.76. The van der Waals surface area contributed by atoms with Crippen LogP contribution < -0.4 is 5.56 Å². The third-order valence-electron chi connectivity index (χ3n) is 5.79. The Morgan fingerprint density at radius 3 is 2.73 bits per heavy atom. The molecule has 1 amide bonds. The molecule has 4 aromatic rings. The molecule has 152 valence electrons. The molecule has 0 unspecified atom stereocenters. The molecule has 1 aliphatic rings. The zero-order chi connectivity index (χ0) is 20.8. The van der Waals surface area contributed by atoms with Crippen molar-refractivity contribution in [3.63, 3.8) is 0 Å². The molecule has 1 saturated heterocycles. The molecule has 3 heterocycles. The van der Waals surface area contributed by atoms with Gasteiger partial charge in [0, 0.05) is 31.6 Å². The first-order valence-electron chi connectivity index (χ1n) is 9.89. The van der Waals surface area contributed by atoms with Crippen molar-refractivity contribution in [1.82, 2.24) is 19.4 Å². The lowest BCUT2D eigenvalue weighted by Gasteiger charge is -2.30. The topological polar surface area (TPSA) is 84.1 Å². The van der Waals surface area contributed by atoms with Gasteiger partial charge in [0.2, 0.25) is 0 Å². The highest BCUT2D eigenvalue weighted by molar-refractivity contribution is 7.71. The number of H-pyrrole nitrogens is 1. The van der Waals surface area contributed by atoms with E-state index in [1.54, 1.807) is 25.2 Å². The second-order valence-corrected chi connectivity index (χ2v) is 8.03. The fraction of sp³-hybridized carbons (Fsp3) is 0.273. The van der Waals surface area contributed by atoms with E-state index in [9.17, 15) is 9.59 Å². The van der Waals surface area contributed by atoms with E-state index in [1.165, 1.54) is 4.57 Å². The Labute approximate surface area is 177 Å². The zero-order valence-corrected chi connectivity index (χ0v) is 17.2. The van der Waals surface area contributed by atoms with Crippen molar-refractivity contribution in [2.45, 2.75) is 18.8 Å². The van der Waals surface area contributed by atoms with Crippen molar-refractivity contribution >= 4 is 40.1 Å². The number of aromatic nitrogens is 3. The van der Waals surface area contributed by atoms with Crippen molar-refractivity contribution in [1.29, 1.82) is 0 Å². The standard InChI is InChI=1S/C22H20N4O3S/c1-25-21(28)15-7-6-14(12-17(15)24-22(25)30)20(27)26-10-8-13(9-11-26)19-23-16-4-2-3-5-18(16)29-19/h2-7,12-13H,8-11H2,1H3,(H,24,30). The Kier molecular flexibility index (Phi) is 4.51.